The van der Waals surface area contributed by atoms with E-state index in [1.165, 1.54) is 0 Å². The van der Waals surface area contributed by atoms with E-state index < -0.39 is 0 Å². The highest BCUT2D eigenvalue weighted by Crippen LogP contribution is 2.27. The van der Waals surface area contributed by atoms with Gasteiger partial charge in [-0.2, -0.15) is 0 Å². The summed E-state index contributed by atoms with van der Waals surface area (Å²) in [7, 11) is 0. The lowest BCUT2D eigenvalue weighted by molar-refractivity contribution is 0.308. The maximum atomic E-state index is 9.21. The van der Waals surface area contributed by atoms with Crippen molar-refractivity contribution in [1.29, 1.82) is 0 Å². The van der Waals surface area contributed by atoms with Gasteiger partial charge in [0.15, 0.2) is 0 Å². The predicted octanol–water partition coefficient (Wildman–Crippen LogP) is 3.33. The van der Waals surface area contributed by atoms with E-state index >= 15 is 0 Å². The fraction of sp³-hybridized carbons (Fsp3) is 0.400. The first-order valence-corrected chi connectivity index (χ1v) is 5.14. The van der Waals surface area contributed by atoms with Crippen LogP contribution < -0.4 is 4.74 Å². The Morgan fingerprint density at radius 2 is 2.23 bits per heavy atom. The highest BCUT2D eigenvalue weighted by atomic mass is 79.9. The summed E-state index contributed by atoms with van der Waals surface area (Å²) in [6.45, 7) is 2.85. The number of hydrogen-bond acceptors (Lipinski definition) is 2. The summed E-state index contributed by atoms with van der Waals surface area (Å²) in [5, 5.41) is 9.21. The number of benzene rings is 1. The number of ether oxygens (including phenoxy) is 1. The van der Waals surface area contributed by atoms with Gasteiger partial charge in [-0.1, -0.05) is 13.3 Å². The second kappa shape index (κ2) is 5.12. The van der Waals surface area contributed by atoms with Gasteiger partial charge in [0.2, 0.25) is 0 Å². The molecule has 0 saturated carbocycles. The Hall–Kier alpha value is -0.700. The first-order valence-electron chi connectivity index (χ1n) is 4.35. The molecule has 0 aliphatic carbocycles. The SMILES string of the molecule is CCCCOc1ccc(O)c(Br)c1. The Kier molecular flexibility index (Phi) is 4.09. The summed E-state index contributed by atoms with van der Waals surface area (Å²) in [5.41, 5.74) is 0. The fourth-order valence-corrected chi connectivity index (χ4v) is 1.27. The van der Waals surface area contributed by atoms with E-state index in [1.807, 2.05) is 0 Å². The number of unbranched alkanes of at least 4 members (excludes halogenated alkanes) is 1. The average molecular weight is 245 g/mol. The van der Waals surface area contributed by atoms with Gasteiger partial charge in [0.05, 0.1) is 11.1 Å². The molecule has 0 heterocycles. The molecule has 1 N–H and O–H groups in total. The van der Waals surface area contributed by atoms with Crippen LogP contribution in [0.3, 0.4) is 0 Å². The number of aromatic hydroxyl groups is 1. The van der Waals surface area contributed by atoms with Gasteiger partial charge in [-0.3, -0.25) is 0 Å². The van der Waals surface area contributed by atoms with Crippen LogP contribution in [-0.4, -0.2) is 11.7 Å². The number of phenols is 1. The molecule has 1 aromatic carbocycles. The molecular weight excluding hydrogens is 232 g/mol. The molecule has 0 saturated heterocycles. The van der Waals surface area contributed by atoms with Gasteiger partial charge in [0.1, 0.15) is 11.5 Å². The molecule has 0 aliphatic heterocycles. The molecule has 1 aromatic rings. The van der Waals surface area contributed by atoms with Crippen molar-refractivity contribution in [2.75, 3.05) is 6.61 Å². The number of rotatable bonds is 4. The van der Waals surface area contributed by atoms with Gasteiger partial charge in [0.25, 0.3) is 0 Å². The van der Waals surface area contributed by atoms with E-state index in [0.717, 1.165) is 25.2 Å². The molecule has 0 unspecified atom stereocenters. The zero-order valence-electron chi connectivity index (χ0n) is 7.59. The predicted molar refractivity (Wildman–Crippen MR) is 56.2 cm³/mol. The Morgan fingerprint density at radius 1 is 1.46 bits per heavy atom. The molecule has 0 aromatic heterocycles. The summed E-state index contributed by atoms with van der Waals surface area (Å²) < 4.78 is 6.11. The zero-order valence-corrected chi connectivity index (χ0v) is 9.17. The van der Waals surface area contributed by atoms with E-state index in [4.69, 9.17) is 4.74 Å². The highest BCUT2D eigenvalue weighted by Gasteiger charge is 1.99. The molecule has 0 radical (unpaired) electrons. The normalized spacial score (nSPS) is 10.0. The summed E-state index contributed by atoms with van der Waals surface area (Å²) in [4.78, 5) is 0. The summed E-state index contributed by atoms with van der Waals surface area (Å²) in [6.07, 6.45) is 2.18. The van der Waals surface area contributed by atoms with Crippen molar-refractivity contribution in [2.24, 2.45) is 0 Å². The van der Waals surface area contributed by atoms with Gasteiger partial charge < -0.3 is 9.84 Å². The molecule has 0 spiro atoms. The molecule has 0 amide bonds. The third-order valence-electron chi connectivity index (χ3n) is 1.69. The Labute approximate surface area is 86.7 Å². The molecule has 1 rings (SSSR count). The zero-order chi connectivity index (χ0) is 9.68. The molecule has 3 heteroatoms. The van der Waals surface area contributed by atoms with E-state index in [-0.39, 0.29) is 5.75 Å². The van der Waals surface area contributed by atoms with Gasteiger partial charge in [-0.25, -0.2) is 0 Å². The lowest BCUT2D eigenvalue weighted by Gasteiger charge is -2.05. The van der Waals surface area contributed by atoms with E-state index in [2.05, 4.69) is 22.9 Å². The quantitative estimate of drug-likeness (QED) is 0.824. The number of phenolic OH excluding ortho intramolecular Hbond substituents is 1. The smallest absolute Gasteiger partial charge is 0.130 e. The third-order valence-corrected chi connectivity index (χ3v) is 2.32. The minimum atomic E-state index is 0.239. The van der Waals surface area contributed by atoms with E-state index in [9.17, 15) is 5.11 Å². The maximum Gasteiger partial charge on any atom is 0.130 e. The topological polar surface area (TPSA) is 29.5 Å². The van der Waals surface area contributed by atoms with Crippen LogP contribution in [0.2, 0.25) is 0 Å². The van der Waals surface area contributed by atoms with Crippen LogP contribution in [-0.2, 0) is 0 Å². The van der Waals surface area contributed by atoms with Crippen molar-refractivity contribution >= 4 is 15.9 Å². The monoisotopic (exact) mass is 244 g/mol. The van der Waals surface area contributed by atoms with Gasteiger partial charge in [0, 0.05) is 0 Å². The van der Waals surface area contributed by atoms with Crippen molar-refractivity contribution in [1.82, 2.24) is 0 Å². The van der Waals surface area contributed by atoms with Crippen LogP contribution in [0.15, 0.2) is 22.7 Å². The molecule has 0 bridgehead atoms. The van der Waals surface area contributed by atoms with Crippen LogP contribution in [0.25, 0.3) is 0 Å². The Balaban J connectivity index is 2.53. The van der Waals surface area contributed by atoms with Crippen LogP contribution in [0, 0.1) is 0 Å². The van der Waals surface area contributed by atoms with Crippen LogP contribution in [0.4, 0.5) is 0 Å². The minimum Gasteiger partial charge on any atom is -0.507 e. The third kappa shape index (κ3) is 3.27. The number of hydrogen-bond donors (Lipinski definition) is 1. The lowest BCUT2D eigenvalue weighted by atomic mass is 10.3. The molecule has 13 heavy (non-hydrogen) atoms. The van der Waals surface area contributed by atoms with E-state index in [0.29, 0.717) is 4.47 Å². The fourth-order valence-electron chi connectivity index (χ4n) is 0.912. The van der Waals surface area contributed by atoms with Crippen molar-refractivity contribution in [2.45, 2.75) is 19.8 Å². The van der Waals surface area contributed by atoms with Crippen molar-refractivity contribution in [3.63, 3.8) is 0 Å². The minimum absolute atomic E-state index is 0.239. The Bertz CT molecular complexity index is 274. The maximum absolute atomic E-state index is 9.21. The van der Waals surface area contributed by atoms with Crippen molar-refractivity contribution in [3.05, 3.63) is 22.7 Å². The van der Waals surface area contributed by atoms with Gasteiger partial charge in [-0.15, -0.1) is 0 Å². The molecule has 0 atom stereocenters. The molecule has 0 aliphatic rings. The van der Waals surface area contributed by atoms with Crippen molar-refractivity contribution in [3.8, 4) is 11.5 Å². The van der Waals surface area contributed by atoms with Crippen LogP contribution >= 0.6 is 15.9 Å². The first kappa shape index (κ1) is 10.4. The average Bonchev–Trinajstić information content (AvgIpc) is 2.12. The summed E-state index contributed by atoms with van der Waals surface area (Å²) in [5.74, 6) is 1.03. The molecule has 72 valence electrons. The summed E-state index contributed by atoms with van der Waals surface area (Å²) in [6, 6.07) is 5.14. The summed E-state index contributed by atoms with van der Waals surface area (Å²) >= 11 is 3.23. The number of halogens is 1. The van der Waals surface area contributed by atoms with Gasteiger partial charge in [-0.05, 0) is 40.5 Å². The van der Waals surface area contributed by atoms with Crippen LogP contribution in [0.5, 0.6) is 11.5 Å². The van der Waals surface area contributed by atoms with Crippen LogP contribution in [0.1, 0.15) is 19.8 Å². The molecular formula is C10H13BrO2. The first-order chi connectivity index (χ1) is 6.24. The molecule has 0 fully saturated rings. The standard InChI is InChI=1S/C10H13BrO2/c1-2-3-6-13-8-4-5-10(12)9(11)7-8/h4-5,7,12H,2-3,6H2,1H3. The second-order valence-corrected chi connectivity index (χ2v) is 3.67. The van der Waals surface area contributed by atoms with Crippen molar-refractivity contribution < 1.29 is 9.84 Å². The lowest BCUT2D eigenvalue weighted by Crippen LogP contribution is -1.95. The Morgan fingerprint density at radius 3 is 2.85 bits per heavy atom. The van der Waals surface area contributed by atoms with E-state index in [1.54, 1.807) is 18.2 Å². The largest absolute Gasteiger partial charge is 0.507 e. The van der Waals surface area contributed by atoms with Gasteiger partial charge >= 0.3 is 0 Å². The highest BCUT2D eigenvalue weighted by molar-refractivity contribution is 9.10. The second-order valence-electron chi connectivity index (χ2n) is 2.82. The molecule has 2 nitrogen and oxygen atoms in total.